The van der Waals surface area contributed by atoms with Gasteiger partial charge in [-0.05, 0) is 32.4 Å². The number of hydrogen-bond donors (Lipinski definition) is 1. The van der Waals surface area contributed by atoms with Crippen LogP contribution in [0.25, 0.3) is 0 Å². The molecule has 0 fully saturated rings. The Morgan fingerprint density at radius 2 is 1.95 bits per heavy atom. The Morgan fingerprint density at radius 1 is 1.35 bits per heavy atom. The van der Waals surface area contributed by atoms with Gasteiger partial charge in [-0.15, -0.1) is 11.6 Å². The Labute approximate surface area is 124 Å². The van der Waals surface area contributed by atoms with Crippen molar-refractivity contribution in [2.75, 3.05) is 12.5 Å². The predicted molar refractivity (Wildman–Crippen MR) is 77.3 cm³/mol. The van der Waals surface area contributed by atoms with Gasteiger partial charge in [0.15, 0.2) is 0 Å². The minimum atomic E-state index is -3.77. The number of benzene rings is 1. The number of rotatable bonds is 7. The molecule has 20 heavy (non-hydrogen) atoms. The van der Waals surface area contributed by atoms with Crippen LogP contribution in [0.2, 0.25) is 0 Å². The summed E-state index contributed by atoms with van der Waals surface area (Å²) in [5.41, 5.74) is 0.951. The number of ether oxygens (including phenoxy) is 1. The summed E-state index contributed by atoms with van der Waals surface area (Å²) >= 11 is 5.59. The third kappa shape index (κ3) is 4.77. The smallest absolute Gasteiger partial charge is 0.324 e. The molecular formula is C13H18ClNO4S. The van der Waals surface area contributed by atoms with Crippen molar-refractivity contribution in [3.05, 3.63) is 29.8 Å². The highest BCUT2D eigenvalue weighted by atomic mass is 35.5. The number of carbonyl (C=O) groups excluding carboxylic acids is 1. The molecule has 1 aromatic rings. The molecule has 0 amide bonds. The van der Waals surface area contributed by atoms with Crippen LogP contribution in [-0.4, -0.2) is 32.9 Å². The zero-order chi connectivity index (χ0) is 15.2. The van der Waals surface area contributed by atoms with Gasteiger partial charge in [-0.3, -0.25) is 4.79 Å². The number of halogens is 1. The molecule has 1 N–H and O–H groups in total. The fourth-order valence-electron chi connectivity index (χ4n) is 1.55. The molecule has 0 spiro atoms. The third-order valence-corrected chi connectivity index (χ3v) is 4.30. The normalized spacial score (nSPS) is 12.9. The van der Waals surface area contributed by atoms with Crippen molar-refractivity contribution in [2.24, 2.45) is 0 Å². The van der Waals surface area contributed by atoms with E-state index in [0.29, 0.717) is 0 Å². The Morgan fingerprint density at radius 3 is 2.45 bits per heavy atom. The van der Waals surface area contributed by atoms with E-state index in [4.69, 9.17) is 16.3 Å². The summed E-state index contributed by atoms with van der Waals surface area (Å²) in [4.78, 5) is 11.8. The zero-order valence-electron chi connectivity index (χ0n) is 11.4. The Bertz CT molecular complexity index is 542. The molecule has 1 rings (SSSR count). The Balaban J connectivity index is 2.91. The molecule has 0 radical (unpaired) electrons. The molecule has 0 unspecified atom stereocenters. The lowest BCUT2D eigenvalue weighted by Gasteiger charge is -2.16. The van der Waals surface area contributed by atoms with E-state index in [1.165, 1.54) is 12.1 Å². The van der Waals surface area contributed by atoms with Crippen molar-refractivity contribution in [1.82, 2.24) is 4.72 Å². The van der Waals surface area contributed by atoms with Crippen LogP contribution in [0.5, 0.6) is 0 Å². The van der Waals surface area contributed by atoms with E-state index in [-0.39, 0.29) is 23.8 Å². The maximum Gasteiger partial charge on any atom is 0.324 e. The summed E-state index contributed by atoms with van der Waals surface area (Å²) in [5, 5.41) is 0. The largest absolute Gasteiger partial charge is 0.465 e. The second-order valence-corrected chi connectivity index (χ2v) is 6.31. The first kappa shape index (κ1) is 16.9. The molecule has 0 bridgehead atoms. The van der Waals surface area contributed by atoms with Crippen LogP contribution in [0.4, 0.5) is 0 Å². The van der Waals surface area contributed by atoms with Crippen molar-refractivity contribution in [3.63, 3.8) is 0 Å². The molecule has 0 saturated carbocycles. The zero-order valence-corrected chi connectivity index (χ0v) is 13.0. The Hall–Kier alpha value is -1.11. The maximum absolute atomic E-state index is 12.2. The fourth-order valence-corrected chi connectivity index (χ4v) is 2.99. The van der Waals surface area contributed by atoms with Crippen LogP contribution in [0.3, 0.4) is 0 Å². The number of hydrogen-bond acceptors (Lipinski definition) is 4. The van der Waals surface area contributed by atoms with Gasteiger partial charge < -0.3 is 4.74 Å². The standard InChI is InChI=1S/C13H18ClNO4S/c1-3-19-13(16)12(8-9-14)15-20(17,18)11-6-4-10(2)5-7-11/h4-7,12,15H,3,8-9H2,1-2H3/t12-/m0/s1. The van der Waals surface area contributed by atoms with Crippen molar-refractivity contribution < 1.29 is 17.9 Å². The van der Waals surface area contributed by atoms with Gasteiger partial charge in [-0.2, -0.15) is 4.72 Å². The van der Waals surface area contributed by atoms with Crippen molar-refractivity contribution in [1.29, 1.82) is 0 Å². The molecule has 1 atom stereocenters. The van der Waals surface area contributed by atoms with E-state index in [1.807, 2.05) is 6.92 Å². The van der Waals surface area contributed by atoms with E-state index in [9.17, 15) is 13.2 Å². The van der Waals surface area contributed by atoms with Gasteiger partial charge in [0.05, 0.1) is 11.5 Å². The minimum absolute atomic E-state index is 0.104. The molecule has 0 aliphatic heterocycles. The number of esters is 1. The summed E-state index contributed by atoms with van der Waals surface area (Å²) in [7, 11) is -3.77. The van der Waals surface area contributed by atoms with Gasteiger partial charge in [0.1, 0.15) is 6.04 Å². The number of sulfonamides is 1. The van der Waals surface area contributed by atoms with Crippen molar-refractivity contribution >= 4 is 27.6 Å². The molecule has 0 aliphatic carbocycles. The summed E-state index contributed by atoms with van der Waals surface area (Å²) in [6.07, 6.45) is 0.172. The van der Waals surface area contributed by atoms with Gasteiger partial charge >= 0.3 is 5.97 Å². The van der Waals surface area contributed by atoms with Crippen LogP contribution in [-0.2, 0) is 19.6 Å². The van der Waals surface area contributed by atoms with Gasteiger partial charge in [0.2, 0.25) is 10.0 Å². The van der Waals surface area contributed by atoms with E-state index >= 15 is 0 Å². The predicted octanol–water partition coefficient (Wildman–Crippen LogP) is 1.83. The summed E-state index contributed by atoms with van der Waals surface area (Å²) < 4.78 is 31.5. The van der Waals surface area contributed by atoms with Crippen LogP contribution in [0.15, 0.2) is 29.2 Å². The lowest BCUT2D eigenvalue weighted by atomic mass is 10.2. The number of nitrogens with one attached hydrogen (secondary N) is 1. The van der Waals surface area contributed by atoms with Crippen molar-refractivity contribution in [3.8, 4) is 0 Å². The molecule has 112 valence electrons. The molecular weight excluding hydrogens is 302 g/mol. The summed E-state index contributed by atoms with van der Waals surface area (Å²) in [6.45, 7) is 3.70. The van der Waals surface area contributed by atoms with Gasteiger partial charge in [0, 0.05) is 5.88 Å². The van der Waals surface area contributed by atoms with Crippen LogP contribution in [0.1, 0.15) is 18.9 Å². The number of aryl methyl sites for hydroxylation is 1. The van der Waals surface area contributed by atoms with E-state index < -0.39 is 22.0 Å². The molecule has 0 aromatic heterocycles. The summed E-state index contributed by atoms with van der Waals surface area (Å²) in [6, 6.07) is 5.38. The van der Waals surface area contributed by atoms with E-state index in [2.05, 4.69) is 4.72 Å². The van der Waals surface area contributed by atoms with E-state index in [1.54, 1.807) is 19.1 Å². The first-order valence-electron chi connectivity index (χ1n) is 6.22. The second-order valence-electron chi connectivity index (χ2n) is 4.22. The minimum Gasteiger partial charge on any atom is -0.465 e. The quantitative estimate of drug-likeness (QED) is 0.615. The van der Waals surface area contributed by atoms with Crippen LogP contribution in [0, 0.1) is 6.92 Å². The highest BCUT2D eigenvalue weighted by Crippen LogP contribution is 2.12. The average Bonchev–Trinajstić information content (AvgIpc) is 2.39. The van der Waals surface area contributed by atoms with Crippen LogP contribution >= 0.6 is 11.6 Å². The lowest BCUT2D eigenvalue weighted by Crippen LogP contribution is -2.42. The maximum atomic E-state index is 12.2. The SMILES string of the molecule is CCOC(=O)[C@H](CCCl)NS(=O)(=O)c1ccc(C)cc1. The first-order valence-corrected chi connectivity index (χ1v) is 8.24. The van der Waals surface area contributed by atoms with Gasteiger partial charge in [-0.25, -0.2) is 8.42 Å². The van der Waals surface area contributed by atoms with Crippen molar-refractivity contribution in [2.45, 2.75) is 31.2 Å². The molecule has 0 heterocycles. The fraction of sp³-hybridized carbons (Fsp3) is 0.462. The number of alkyl halides is 1. The highest BCUT2D eigenvalue weighted by Gasteiger charge is 2.26. The summed E-state index contributed by atoms with van der Waals surface area (Å²) in [5.74, 6) is -0.469. The molecule has 5 nitrogen and oxygen atoms in total. The molecule has 7 heteroatoms. The monoisotopic (exact) mass is 319 g/mol. The first-order chi connectivity index (χ1) is 9.40. The second kappa shape index (κ2) is 7.61. The molecule has 0 saturated heterocycles. The topological polar surface area (TPSA) is 72.5 Å². The van der Waals surface area contributed by atoms with E-state index in [0.717, 1.165) is 5.56 Å². The van der Waals surface area contributed by atoms with Gasteiger partial charge in [-0.1, -0.05) is 17.7 Å². The average molecular weight is 320 g/mol. The number of carbonyl (C=O) groups is 1. The van der Waals surface area contributed by atoms with Gasteiger partial charge in [0.25, 0.3) is 0 Å². The highest BCUT2D eigenvalue weighted by molar-refractivity contribution is 7.89. The van der Waals surface area contributed by atoms with Crippen LogP contribution < -0.4 is 4.72 Å². The Kier molecular flexibility index (Phi) is 6.45. The molecule has 1 aromatic carbocycles. The molecule has 0 aliphatic rings. The third-order valence-electron chi connectivity index (χ3n) is 2.60. The lowest BCUT2D eigenvalue weighted by molar-refractivity contribution is -0.145.